The molecule has 212 valence electrons. The Morgan fingerprint density at radius 1 is 1.32 bits per heavy atom. The van der Waals surface area contributed by atoms with E-state index in [1.807, 2.05) is 0 Å². The standard InChI is InChI=1S/C29H34FN5O5/c1-34(2)26(37)9-5-4-8-23(33-29(39)40-3)25(36)14-19-7-6-12-35(28(19)38)17-20-15-24-27(32-20)21(13-18-10-11-18)22(30)16-31-24/h5-7,9,12,15-16,18,23,32H,4,8,10-11,13-14,17H2,1-3H3,(H,33,39)/b9-5+/t23-/m0/s1. The molecule has 1 saturated carbocycles. The lowest BCUT2D eigenvalue weighted by atomic mass is 10.0. The van der Waals surface area contributed by atoms with Crippen molar-refractivity contribution in [3.63, 3.8) is 0 Å². The van der Waals surface area contributed by atoms with E-state index in [4.69, 9.17) is 0 Å². The molecule has 0 unspecified atom stereocenters. The lowest BCUT2D eigenvalue weighted by Gasteiger charge is -2.16. The molecule has 1 aliphatic carbocycles. The molecule has 3 aromatic rings. The van der Waals surface area contributed by atoms with Crippen LogP contribution in [-0.2, 0) is 33.7 Å². The van der Waals surface area contributed by atoms with Crippen LogP contribution in [0.5, 0.6) is 0 Å². The molecule has 0 radical (unpaired) electrons. The number of halogens is 1. The Kier molecular flexibility index (Phi) is 9.13. The molecule has 2 N–H and O–H groups in total. The van der Waals surface area contributed by atoms with E-state index in [-0.39, 0.29) is 48.0 Å². The number of aromatic nitrogens is 3. The molecule has 3 heterocycles. The number of allylic oxidation sites excluding steroid dienone is 1. The molecule has 11 heteroatoms. The Morgan fingerprint density at radius 2 is 2.10 bits per heavy atom. The second kappa shape index (κ2) is 12.7. The van der Waals surface area contributed by atoms with Gasteiger partial charge < -0.3 is 24.5 Å². The van der Waals surface area contributed by atoms with E-state index in [0.29, 0.717) is 41.1 Å². The van der Waals surface area contributed by atoms with Crippen LogP contribution in [-0.4, -0.2) is 64.5 Å². The number of alkyl carbamates (subject to hydrolysis) is 1. The molecule has 1 atom stereocenters. The van der Waals surface area contributed by atoms with E-state index < -0.39 is 12.1 Å². The van der Waals surface area contributed by atoms with Crippen LogP contribution in [0.25, 0.3) is 11.0 Å². The number of carbonyl (C=O) groups excluding carboxylic acids is 3. The average molecular weight is 552 g/mol. The van der Waals surface area contributed by atoms with Gasteiger partial charge in [-0.15, -0.1) is 0 Å². The minimum Gasteiger partial charge on any atom is -0.453 e. The maximum atomic E-state index is 14.5. The normalized spacial score (nSPS) is 13.9. The van der Waals surface area contributed by atoms with Crippen LogP contribution in [0.4, 0.5) is 9.18 Å². The summed E-state index contributed by atoms with van der Waals surface area (Å²) in [6, 6.07) is 4.17. The van der Waals surface area contributed by atoms with Gasteiger partial charge in [0.25, 0.3) is 5.56 Å². The zero-order valence-corrected chi connectivity index (χ0v) is 22.9. The Hall–Kier alpha value is -4.28. The van der Waals surface area contributed by atoms with Gasteiger partial charge in [-0.2, -0.15) is 0 Å². The summed E-state index contributed by atoms with van der Waals surface area (Å²) in [4.78, 5) is 58.8. The first-order valence-electron chi connectivity index (χ1n) is 13.2. The van der Waals surface area contributed by atoms with E-state index in [2.05, 4.69) is 20.0 Å². The van der Waals surface area contributed by atoms with Gasteiger partial charge in [-0.3, -0.25) is 19.4 Å². The number of likely N-dealkylation sites (N-methyl/N-ethyl adjacent to an activating group) is 1. The van der Waals surface area contributed by atoms with Gasteiger partial charge >= 0.3 is 6.09 Å². The summed E-state index contributed by atoms with van der Waals surface area (Å²) in [6.45, 7) is 0.191. The summed E-state index contributed by atoms with van der Waals surface area (Å²) in [7, 11) is 4.46. The van der Waals surface area contributed by atoms with E-state index in [0.717, 1.165) is 12.8 Å². The van der Waals surface area contributed by atoms with Crippen LogP contribution in [0.2, 0.25) is 0 Å². The number of hydrogen-bond donors (Lipinski definition) is 2. The molecular formula is C29H34FN5O5. The van der Waals surface area contributed by atoms with Crippen LogP contribution in [0.15, 0.2) is 47.5 Å². The number of hydrogen-bond acceptors (Lipinski definition) is 6. The van der Waals surface area contributed by atoms with Crippen LogP contribution in [0.1, 0.15) is 42.5 Å². The van der Waals surface area contributed by atoms with E-state index >= 15 is 0 Å². The van der Waals surface area contributed by atoms with Crippen LogP contribution in [0, 0.1) is 11.7 Å². The van der Waals surface area contributed by atoms with E-state index in [1.54, 1.807) is 44.6 Å². The van der Waals surface area contributed by atoms with Gasteiger partial charge in [0.2, 0.25) is 5.91 Å². The van der Waals surface area contributed by atoms with Crippen molar-refractivity contribution in [3.8, 4) is 0 Å². The first kappa shape index (κ1) is 28.7. The Morgan fingerprint density at radius 3 is 2.80 bits per heavy atom. The third-order valence-corrected chi connectivity index (χ3v) is 6.94. The van der Waals surface area contributed by atoms with Gasteiger partial charge in [-0.25, -0.2) is 9.18 Å². The van der Waals surface area contributed by atoms with Crippen LogP contribution in [0.3, 0.4) is 0 Å². The maximum absolute atomic E-state index is 14.5. The van der Waals surface area contributed by atoms with Crippen molar-refractivity contribution in [1.29, 1.82) is 0 Å². The molecule has 2 amide bonds. The topological polar surface area (TPSA) is 126 Å². The maximum Gasteiger partial charge on any atom is 0.407 e. The highest BCUT2D eigenvalue weighted by Gasteiger charge is 2.25. The lowest BCUT2D eigenvalue weighted by molar-refractivity contribution is -0.123. The van der Waals surface area contributed by atoms with Gasteiger partial charge in [0.05, 0.1) is 36.9 Å². The minimum atomic E-state index is -0.904. The monoisotopic (exact) mass is 551 g/mol. The molecule has 0 aromatic carbocycles. The van der Waals surface area contributed by atoms with Crippen molar-refractivity contribution in [3.05, 3.63) is 75.7 Å². The van der Waals surface area contributed by atoms with Gasteiger partial charge in [-0.05, 0) is 56.2 Å². The molecule has 1 aliphatic rings. The second-order valence-electron chi connectivity index (χ2n) is 10.3. The quantitative estimate of drug-likeness (QED) is 0.333. The zero-order valence-electron chi connectivity index (χ0n) is 22.9. The van der Waals surface area contributed by atoms with Gasteiger partial charge in [0, 0.05) is 43.5 Å². The molecule has 3 aromatic heterocycles. The fraction of sp³-hybridized carbons (Fsp3) is 0.414. The number of ether oxygens (including phenoxy) is 1. The van der Waals surface area contributed by atoms with Gasteiger partial charge in [0.15, 0.2) is 5.78 Å². The summed E-state index contributed by atoms with van der Waals surface area (Å²) in [5, 5.41) is 2.52. The number of amides is 2. The second-order valence-corrected chi connectivity index (χ2v) is 10.3. The Balaban J connectivity index is 1.48. The van der Waals surface area contributed by atoms with Gasteiger partial charge in [0.1, 0.15) is 5.82 Å². The molecular weight excluding hydrogens is 517 g/mol. The van der Waals surface area contributed by atoms with E-state index in [9.17, 15) is 23.6 Å². The number of carbonyl (C=O) groups is 3. The summed E-state index contributed by atoms with van der Waals surface area (Å²) >= 11 is 0. The SMILES string of the molecule is COC(=O)N[C@@H](CC/C=C/C(=O)N(C)C)C(=O)Cc1cccn(Cc2cc3ncc(F)c(CC4CC4)c3[nH]2)c1=O. The molecule has 10 nitrogen and oxygen atoms in total. The number of aromatic amines is 1. The first-order chi connectivity index (χ1) is 19.2. The number of nitrogens with zero attached hydrogens (tertiary/aromatic N) is 3. The predicted octanol–water partition coefficient (Wildman–Crippen LogP) is 3.13. The molecule has 4 rings (SSSR count). The number of Topliss-reactive ketones (excluding diaryl/α,β-unsaturated/α-hetero) is 1. The number of pyridine rings is 2. The Bertz CT molecular complexity index is 1490. The van der Waals surface area contributed by atoms with Crippen molar-refractivity contribution in [2.45, 2.75) is 51.1 Å². The number of ketones is 1. The Labute approximate surface area is 231 Å². The number of nitrogens with one attached hydrogen (secondary N) is 2. The van der Waals surface area contributed by atoms with E-state index in [1.165, 1.54) is 28.8 Å². The summed E-state index contributed by atoms with van der Waals surface area (Å²) in [5.41, 5.74) is 2.54. The van der Waals surface area contributed by atoms with Crippen LogP contribution >= 0.6 is 0 Å². The number of rotatable bonds is 12. The molecule has 40 heavy (non-hydrogen) atoms. The average Bonchev–Trinajstić information content (AvgIpc) is 3.66. The number of fused-ring (bicyclic) bond motifs is 1. The highest BCUT2D eigenvalue weighted by Crippen LogP contribution is 2.35. The molecule has 1 fully saturated rings. The van der Waals surface area contributed by atoms with Crippen LogP contribution < -0.4 is 10.9 Å². The fourth-order valence-electron chi connectivity index (χ4n) is 4.50. The summed E-state index contributed by atoms with van der Waals surface area (Å²) < 4.78 is 20.6. The van der Waals surface area contributed by atoms with Crippen molar-refractivity contribution in [1.82, 2.24) is 24.8 Å². The van der Waals surface area contributed by atoms with Crippen molar-refractivity contribution < 1.29 is 23.5 Å². The third kappa shape index (κ3) is 7.22. The zero-order chi connectivity index (χ0) is 28.8. The molecule has 0 aliphatic heterocycles. The lowest BCUT2D eigenvalue weighted by Crippen LogP contribution is -2.42. The third-order valence-electron chi connectivity index (χ3n) is 6.94. The van der Waals surface area contributed by atoms with Gasteiger partial charge in [-0.1, -0.05) is 12.1 Å². The first-order valence-corrected chi connectivity index (χ1v) is 13.2. The molecule has 0 saturated heterocycles. The smallest absolute Gasteiger partial charge is 0.407 e. The largest absolute Gasteiger partial charge is 0.453 e. The highest BCUT2D eigenvalue weighted by atomic mass is 19.1. The number of H-pyrrole nitrogens is 1. The van der Waals surface area contributed by atoms with Crippen molar-refractivity contribution in [2.75, 3.05) is 21.2 Å². The summed E-state index contributed by atoms with van der Waals surface area (Å²) in [5.74, 6) is -0.385. The molecule has 0 spiro atoms. The van der Waals surface area contributed by atoms with Crippen molar-refractivity contribution in [2.24, 2.45) is 5.92 Å². The fourth-order valence-corrected chi connectivity index (χ4v) is 4.50. The highest BCUT2D eigenvalue weighted by molar-refractivity contribution is 5.89. The van der Waals surface area contributed by atoms with Crippen molar-refractivity contribution >= 4 is 28.8 Å². The minimum absolute atomic E-state index is 0.191. The number of methoxy groups -OCH3 is 1. The summed E-state index contributed by atoms with van der Waals surface area (Å²) in [6.07, 6.45) is 8.38. The predicted molar refractivity (Wildman–Crippen MR) is 147 cm³/mol. The molecule has 0 bridgehead atoms.